The fraction of sp³-hybridized carbons (Fsp3) is 0.458. The minimum atomic E-state index is -0.808. The SMILES string of the molecule is COc1ccc(CN(C)C2CCN(C(=O)O)C(c3ccccc3C3CC3)C2)cc1. The van der Waals surface area contributed by atoms with Gasteiger partial charge in [0.1, 0.15) is 5.75 Å². The molecule has 5 nitrogen and oxygen atoms in total. The maximum absolute atomic E-state index is 12.0. The van der Waals surface area contributed by atoms with Crippen LogP contribution in [0.4, 0.5) is 4.79 Å². The van der Waals surface area contributed by atoms with Crippen LogP contribution in [0.3, 0.4) is 0 Å². The highest BCUT2D eigenvalue weighted by Gasteiger charge is 2.37. The van der Waals surface area contributed by atoms with E-state index in [1.165, 1.54) is 29.5 Å². The smallest absolute Gasteiger partial charge is 0.407 e. The monoisotopic (exact) mass is 394 g/mol. The second kappa shape index (κ2) is 8.46. The van der Waals surface area contributed by atoms with Crippen molar-refractivity contribution in [1.29, 1.82) is 0 Å². The van der Waals surface area contributed by atoms with Crippen LogP contribution in [0.1, 0.15) is 54.3 Å². The van der Waals surface area contributed by atoms with Crippen molar-refractivity contribution in [3.8, 4) is 5.75 Å². The van der Waals surface area contributed by atoms with E-state index in [0.717, 1.165) is 25.1 Å². The summed E-state index contributed by atoms with van der Waals surface area (Å²) in [5, 5.41) is 9.83. The Hall–Kier alpha value is -2.53. The van der Waals surface area contributed by atoms with Gasteiger partial charge in [0.05, 0.1) is 13.2 Å². The largest absolute Gasteiger partial charge is 0.497 e. The van der Waals surface area contributed by atoms with E-state index in [4.69, 9.17) is 4.74 Å². The molecule has 0 radical (unpaired) electrons. The molecule has 1 heterocycles. The average molecular weight is 395 g/mol. The zero-order chi connectivity index (χ0) is 20.4. The van der Waals surface area contributed by atoms with Crippen molar-refractivity contribution in [2.45, 2.75) is 50.2 Å². The summed E-state index contributed by atoms with van der Waals surface area (Å²) in [7, 11) is 3.83. The first-order valence-corrected chi connectivity index (χ1v) is 10.5. The molecule has 1 aliphatic carbocycles. The lowest BCUT2D eigenvalue weighted by molar-refractivity contribution is 0.0672. The first kappa shape index (κ1) is 19.8. The molecule has 2 atom stereocenters. The van der Waals surface area contributed by atoms with Gasteiger partial charge >= 0.3 is 6.09 Å². The number of nitrogens with zero attached hydrogens (tertiary/aromatic N) is 2. The van der Waals surface area contributed by atoms with Crippen LogP contribution in [-0.2, 0) is 6.54 Å². The van der Waals surface area contributed by atoms with Crippen LogP contribution in [-0.4, -0.2) is 47.7 Å². The summed E-state index contributed by atoms with van der Waals surface area (Å²) in [6.07, 6.45) is 3.33. The van der Waals surface area contributed by atoms with Gasteiger partial charge in [-0.3, -0.25) is 4.90 Å². The average Bonchev–Trinajstić information content (AvgIpc) is 3.59. The van der Waals surface area contributed by atoms with Crippen molar-refractivity contribution in [2.24, 2.45) is 0 Å². The Bertz CT molecular complexity index is 847. The molecule has 1 saturated heterocycles. The number of likely N-dealkylation sites (tertiary alicyclic amines) is 1. The molecular weight excluding hydrogens is 364 g/mol. The molecule has 5 heteroatoms. The summed E-state index contributed by atoms with van der Waals surface area (Å²) in [5.41, 5.74) is 3.80. The minimum Gasteiger partial charge on any atom is -0.497 e. The van der Waals surface area contributed by atoms with Crippen LogP contribution in [0.15, 0.2) is 48.5 Å². The topological polar surface area (TPSA) is 53.0 Å². The fourth-order valence-corrected chi connectivity index (χ4v) is 4.60. The second-order valence-corrected chi connectivity index (χ2v) is 8.34. The van der Waals surface area contributed by atoms with Crippen molar-refractivity contribution in [2.75, 3.05) is 20.7 Å². The molecule has 2 fully saturated rings. The van der Waals surface area contributed by atoms with E-state index in [1.54, 1.807) is 12.0 Å². The van der Waals surface area contributed by atoms with E-state index in [1.807, 2.05) is 18.2 Å². The summed E-state index contributed by atoms with van der Waals surface area (Å²) >= 11 is 0. The van der Waals surface area contributed by atoms with Gasteiger partial charge in [-0.05, 0) is 67.5 Å². The van der Waals surface area contributed by atoms with E-state index in [-0.39, 0.29) is 6.04 Å². The maximum Gasteiger partial charge on any atom is 0.407 e. The van der Waals surface area contributed by atoms with E-state index in [0.29, 0.717) is 18.5 Å². The Morgan fingerprint density at radius 1 is 1.10 bits per heavy atom. The molecule has 2 aromatic carbocycles. The van der Waals surface area contributed by atoms with Gasteiger partial charge in [0, 0.05) is 19.1 Å². The molecular formula is C24H30N2O3. The van der Waals surface area contributed by atoms with Crippen LogP contribution in [0.2, 0.25) is 0 Å². The predicted octanol–water partition coefficient (Wildman–Crippen LogP) is 4.89. The van der Waals surface area contributed by atoms with Crippen molar-refractivity contribution >= 4 is 6.09 Å². The van der Waals surface area contributed by atoms with Gasteiger partial charge in [-0.2, -0.15) is 0 Å². The third-order valence-corrected chi connectivity index (χ3v) is 6.41. The van der Waals surface area contributed by atoms with Crippen LogP contribution < -0.4 is 4.74 Å². The summed E-state index contributed by atoms with van der Waals surface area (Å²) in [4.78, 5) is 16.0. The Balaban J connectivity index is 1.52. The number of carbonyl (C=O) groups is 1. The van der Waals surface area contributed by atoms with Crippen molar-refractivity contribution in [1.82, 2.24) is 9.80 Å². The quantitative estimate of drug-likeness (QED) is 0.758. The van der Waals surface area contributed by atoms with Gasteiger partial charge in [0.25, 0.3) is 0 Å². The first-order valence-electron chi connectivity index (χ1n) is 10.5. The molecule has 4 rings (SSSR count). The van der Waals surface area contributed by atoms with Gasteiger partial charge in [0.15, 0.2) is 0 Å². The Morgan fingerprint density at radius 2 is 1.79 bits per heavy atom. The summed E-state index contributed by atoms with van der Waals surface area (Å²) in [6.45, 7) is 1.43. The van der Waals surface area contributed by atoms with Gasteiger partial charge < -0.3 is 14.7 Å². The lowest BCUT2D eigenvalue weighted by Crippen LogP contribution is -2.46. The van der Waals surface area contributed by atoms with Crippen LogP contribution in [0.25, 0.3) is 0 Å². The first-order chi connectivity index (χ1) is 14.1. The van der Waals surface area contributed by atoms with Gasteiger partial charge in [-0.1, -0.05) is 36.4 Å². The zero-order valence-electron chi connectivity index (χ0n) is 17.3. The number of rotatable bonds is 6. The standard InChI is InChI=1S/C24H30N2O3/c1-25(16-17-7-11-20(29-2)12-8-17)19-13-14-26(24(27)28)23(15-19)22-6-4-3-5-21(22)18-9-10-18/h3-8,11-12,18-19,23H,9-10,13-16H2,1-2H3,(H,27,28). The van der Waals surface area contributed by atoms with Gasteiger partial charge in [0.2, 0.25) is 0 Å². The van der Waals surface area contributed by atoms with E-state index in [9.17, 15) is 9.90 Å². The summed E-state index contributed by atoms with van der Waals surface area (Å²) in [6, 6.07) is 16.9. The molecule has 29 heavy (non-hydrogen) atoms. The van der Waals surface area contributed by atoms with E-state index < -0.39 is 6.09 Å². The molecule has 0 bridgehead atoms. The highest BCUT2D eigenvalue weighted by Crippen LogP contribution is 2.45. The summed E-state index contributed by atoms with van der Waals surface area (Å²) < 4.78 is 5.25. The third-order valence-electron chi connectivity index (χ3n) is 6.41. The molecule has 0 aromatic heterocycles. The number of hydrogen-bond acceptors (Lipinski definition) is 3. The Labute approximate surface area is 172 Å². The van der Waals surface area contributed by atoms with E-state index >= 15 is 0 Å². The molecule has 1 saturated carbocycles. The molecule has 154 valence electrons. The van der Waals surface area contributed by atoms with Crippen LogP contribution in [0.5, 0.6) is 5.75 Å². The number of amides is 1. The lowest BCUT2D eigenvalue weighted by atomic mass is 9.87. The minimum absolute atomic E-state index is 0.0682. The normalized spacial score (nSPS) is 22.0. The number of benzene rings is 2. The van der Waals surface area contributed by atoms with Gasteiger partial charge in [-0.25, -0.2) is 4.79 Å². The Morgan fingerprint density at radius 3 is 2.41 bits per heavy atom. The second-order valence-electron chi connectivity index (χ2n) is 8.34. The summed E-state index contributed by atoms with van der Waals surface area (Å²) in [5.74, 6) is 1.47. The molecule has 2 unspecified atom stereocenters. The number of ether oxygens (including phenoxy) is 1. The maximum atomic E-state index is 12.0. The number of piperidine rings is 1. The van der Waals surface area contributed by atoms with Gasteiger partial charge in [-0.15, -0.1) is 0 Å². The number of hydrogen-bond donors (Lipinski definition) is 1. The fourth-order valence-electron chi connectivity index (χ4n) is 4.60. The molecule has 2 aliphatic rings. The predicted molar refractivity (Wildman–Crippen MR) is 113 cm³/mol. The Kier molecular flexibility index (Phi) is 5.76. The third kappa shape index (κ3) is 4.40. The van der Waals surface area contributed by atoms with Crippen molar-refractivity contribution in [3.05, 3.63) is 65.2 Å². The molecule has 1 N–H and O–H groups in total. The van der Waals surface area contributed by atoms with Crippen LogP contribution >= 0.6 is 0 Å². The highest BCUT2D eigenvalue weighted by molar-refractivity contribution is 5.66. The number of methoxy groups -OCH3 is 1. The molecule has 2 aromatic rings. The number of carboxylic acid groups (broad SMARTS) is 1. The van der Waals surface area contributed by atoms with E-state index in [2.05, 4.69) is 42.3 Å². The lowest BCUT2D eigenvalue weighted by Gasteiger charge is -2.42. The van der Waals surface area contributed by atoms with Crippen molar-refractivity contribution in [3.63, 3.8) is 0 Å². The van der Waals surface area contributed by atoms with Crippen LogP contribution in [0, 0.1) is 0 Å². The molecule has 1 amide bonds. The highest BCUT2D eigenvalue weighted by atomic mass is 16.5. The molecule has 1 aliphatic heterocycles. The molecule has 0 spiro atoms. The van der Waals surface area contributed by atoms with Crippen molar-refractivity contribution < 1.29 is 14.6 Å². The zero-order valence-corrected chi connectivity index (χ0v) is 17.3.